The molecule has 3 nitrogen and oxygen atoms in total. The van der Waals surface area contributed by atoms with Gasteiger partial charge in [0, 0.05) is 0 Å². The maximum atomic E-state index is 13.1. The number of hydrogen-bond acceptors (Lipinski definition) is 3. The first kappa shape index (κ1) is 23.1. The summed E-state index contributed by atoms with van der Waals surface area (Å²) in [6.07, 6.45) is 0.705. The molecule has 0 spiro atoms. The summed E-state index contributed by atoms with van der Waals surface area (Å²) in [4.78, 5) is 18.6. The van der Waals surface area contributed by atoms with Crippen LogP contribution in [0.25, 0.3) is 0 Å². The fourth-order valence-corrected chi connectivity index (χ4v) is 5.30. The first-order valence-electron chi connectivity index (χ1n) is 9.53. The van der Waals surface area contributed by atoms with Gasteiger partial charge in [-0.3, -0.25) is 0 Å². The Bertz CT molecular complexity index is 596. The highest BCUT2D eigenvalue weighted by atomic mass is 28.4. The molecular formula is C21H38O3Si2. The number of benzene rings is 1. The molecule has 5 heteroatoms. The normalized spacial score (nSPS) is 14.8. The van der Waals surface area contributed by atoms with E-state index in [1.54, 1.807) is 0 Å². The molecule has 0 aliphatic carbocycles. The molecule has 26 heavy (non-hydrogen) atoms. The molecular weight excluding hydrogens is 356 g/mol. The Labute approximate surface area is 162 Å². The van der Waals surface area contributed by atoms with Crippen molar-refractivity contribution < 1.29 is 14.3 Å². The molecule has 0 unspecified atom stereocenters. The summed E-state index contributed by atoms with van der Waals surface area (Å²) in [6.45, 7) is 21.9. The molecule has 1 aromatic carbocycles. The zero-order chi connectivity index (χ0) is 20.4. The molecule has 148 valence electrons. The number of carbonyl (C=O) groups is 1. The van der Waals surface area contributed by atoms with Crippen LogP contribution in [0.4, 0.5) is 0 Å². The van der Waals surface area contributed by atoms with E-state index in [1.165, 1.54) is 5.56 Å². The number of hydrogen-bond donors (Lipinski definition) is 0. The molecule has 0 heterocycles. The molecule has 0 fully saturated rings. The van der Waals surface area contributed by atoms with E-state index in [1.807, 2.05) is 18.2 Å². The van der Waals surface area contributed by atoms with Crippen molar-refractivity contribution in [1.82, 2.24) is 0 Å². The molecule has 0 aromatic heterocycles. The van der Waals surface area contributed by atoms with E-state index in [0.717, 1.165) is 0 Å². The van der Waals surface area contributed by atoms with Crippen LogP contribution in [0.15, 0.2) is 30.3 Å². The van der Waals surface area contributed by atoms with E-state index in [2.05, 4.69) is 79.9 Å². The number of carbonyl (C=O) groups excluding carboxylic acids is 1. The zero-order valence-electron chi connectivity index (χ0n) is 18.4. The maximum Gasteiger partial charge on any atom is 0.341 e. The van der Waals surface area contributed by atoms with Crippen LogP contribution in [0.2, 0.25) is 41.8 Å². The predicted molar refractivity (Wildman–Crippen MR) is 115 cm³/mol. The molecule has 0 saturated carbocycles. The molecule has 0 radical (unpaired) electrons. The number of rotatable bonds is 6. The van der Waals surface area contributed by atoms with Gasteiger partial charge in [-0.25, -0.2) is 9.37 Å². The van der Waals surface area contributed by atoms with Crippen molar-refractivity contribution in [3.8, 4) is 0 Å². The van der Waals surface area contributed by atoms with Crippen LogP contribution in [-0.2, 0) is 20.7 Å². The summed E-state index contributed by atoms with van der Waals surface area (Å²) in [5.41, 5.74) is 1.03. The van der Waals surface area contributed by atoms with Gasteiger partial charge < -0.3 is 4.89 Å². The molecule has 0 aliphatic heterocycles. The van der Waals surface area contributed by atoms with Gasteiger partial charge >= 0.3 is 5.97 Å². The van der Waals surface area contributed by atoms with Crippen molar-refractivity contribution >= 4 is 22.4 Å². The summed E-state index contributed by atoms with van der Waals surface area (Å²) in [7, 11) is -4.10. The minimum Gasteiger partial charge on any atom is -0.310 e. The minimum absolute atomic E-state index is 0.000813. The van der Waals surface area contributed by atoms with Crippen molar-refractivity contribution in [2.24, 2.45) is 0 Å². The Morgan fingerprint density at radius 2 is 1.42 bits per heavy atom. The lowest BCUT2D eigenvalue weighted by atomic mass is 10.1. The second kappa shape index (κ2) is 7.99. The van der Waals surface area contributed by atoms with E-state index in [4.69, 9.17) is 9.46 Å². The second-order valence-electron chi connectivity index (χ2n) is 10.5. The average Bonchev–Trinajstić information content (AvgIpc) is 2.49. The van der Waals surface area contributed by atoms with Crippen molar-refractivity contribution in [3.05, 3.63) is 35.9 Å². The third-order valence-corrected chi connectivity index (χ3v) is 16.7. The molecule has 0 amide bonds. The molecule has 1 atom stereocenters. The van der Waals surface area contributed by atoms with E-state index >= 15 is 0 Å². The van der Waals surface area contributed by atoms with E-state index in [-0.39, 0.29) is 21.6 Å². The van der Waals surface area contributed by atoms with Gasteiger partial charge in [0.2, 0.25) is 0 Å². The maximum absolute atomic E-state index is 13.1. The summed E-state index contributed by atoms with van der Waals surface area (Å²) < 4.78 is 5.79. The van der Waals surface area contributed by atoms with Gasteiger partial charge in [0.05, 0.1) is 13.6 Å². The first-order valence-corrected chi connectivity index (χ1v) is 15.5. The van der Waals surface area contributed by atoms with Crippen LogP contribution in [0, 0.1) is 0 Å². The Morgan fingerprint density at radius 1 is 0.923 bits per heavy atom. The lowest BCUT2D eigenvalue weighted by Crippen LogP contribution is -2.48. The smallest absolute Gasteiger partial charge is 0.310 e. The first-order chi connectivity index (χ1) is 11.6. The van der Waals surface area contributed by atoms with Crippen molar-refractivity contribution in [3.63, 3.8) is 0 Å². The second-order valence-corrected chi connectivity index (χ2v) is 20.8. The molecule has 0 N–H and O–H groups in total. The van der Waals surface area contributed by atoms with Gasteiger partial charge in [-0.1, -0.05) is 85.0 Å². The minimum atomic E-state index is -2.14. The van der Waals surface area contributed by atoms with Crippen LogP contribution in [-0.4, -0.2) is 22.4 Å². The fourth-order valence-electron chi connectivity index (χ4n) is 2.33. The van der Waals surface area contributed by atoms with Gasteiger partial charge in [-0.2, -0.15) is 0 Å². The van der Waals surface area contributed by atoms with E-state index in [9.17, 15) is 4.79 Å². The summed E-state index contributed by atoms with van der Waals surface area (Å²) in [5.74, 6) is -0.203. The van der Waals surface area contributed by atoms with Gasteiger partial charge in [0.25, 0.3) is 8.32 Å². The monoisotopic (exact) mass is 394 g/mol. The van der Waals surface area contributed by atoms with Gasteiger partial charge in [0.1, 0.15) is 0 Å². The Kier molecular flexibility index (Phi) is 7.10. The third-order valence-electron chi connectivity index (χ3n) is 6.51. The predicted octanol–water partition coefficient (Wildman–Crippen LogP) is 6.59. The van der Waals surface area contributed by atoms with Crippen LogP contribution in [0.1, 0.15) is 47.1 Å². The zero-order valence-corrected chi connectivity index (χ0v) is 20.4. The highest BCUT2D eigenvalue weighted by Crippen LogP contribution is 2.46. The SMILES string of the molecule is CC(C)(C)[Si](C)(C)OOC(=O)[C@H](Cc1ccccc1)[Si](C)(C)C(C)(C)C. The Balaban J connectivity index is 3.07. The van der Waals surface area contributed by atoms with Crippen LogP contribution in [0.3, 0.4) is 0 Å². The lowest BCUT2D eigenvalue weighted by Gasteiger charge is -2.42. The molecule has 1 aromatic rings. The van der Waals surface area contributed by atoms with Crippen molar-refractivity contribution in [2.45, 2.75) is 89.8 Å². The fraction of sp³-hybridized carbons (Fsp3) is 0.667. The molecule has 0 aliphatic rings. The quantitative estimate of drug-likeness (QED) is 0.310. The summed E-state index contributed by atoms with van der Waals surface area (Å²) >= 11 is 0. The van der Waals surface area contributed by atoms with E-state index in [0.29, 0.717) is 6.42 Å². The van der Waals surface area contributed by atoms with Crippen molar-refractivity contribution in [1.29, 1.82) is 0 Å². The van der Waals surface area contributed by atoms with Gasteiger partial charge in [0.15, 0.2) is 0 Å². The van der Waals surface area contributed by atoms with Crippen LogP contribution in [0.5, 0.6) is 0 Å². The van der Waals surface area contributed by atoms with Crippen LogP contribution < -0.4 is 0 Å². The Morgan fingerprint density at radius 3 is 1.85 bits per heavy atom. The van der Waals surface area contributed by atoms with E-state index < -0.39 is 16.4 Å². The topological polar surface area (TPSA) is 35.5 Å². The van der Waals surface area contributed by atoms with Gasteiger partial charge in [-0.05, 0) is 35.2 Å². The van der Waals surface area contributed by atoms with Crippen LogP contribution >= 0.6 is 0 Å². The standard InChI is InChI=1S/C21H38O3Si2/c1-20(2,3)25(7,8)18(16-17-14-12-11-13-15-17)19(22)23-24-26(9,10)21(4,5)6/h11-15,18H,16H2,1-10H3/t18-/m0/s1. The summed E-state index contributed by atoms with van der Waals surface area (Å²) in [5, 5.41) is 0.0849. The third kappa shape index (κ3) is 5.54. The molecule has 0 bridgehead atoms. The Hall–Kier alpha value is -0.916. The molecule has 0 saturated heterocycles. The van der Waals surface area contributed by atoms with Gasteiger partial charge in [-0.15, -0.1) is 0 Å². The average molecular weight is 395 g/mol. The highest BCUT2D eigenvalue weighted by Gasteiger charge is 2.48. The lowest BCUT2D eigenvalue weighted by molar-refractivity contribution is -0.221. The van der Waals surface area contributed by atoms with Crippen molar-refractivity contribution in [2.75, 3.05) is 0 Å². The highest BCUT2D eigenvalue weighted by molar-refractivity contribution is 6.84. The summed E-state index contributed by atoms with van der Waals surface area (Å²) in [6, 6.07) is 10.2. The largest absolute Gasteiger partial charge is 0.341 e. The molecule has 1 rings (SSSR count).